The summed E-state index contributed by atoms with van der Waals surface area (Å²) >= 11 is 0.0258. The van der Waals surface area contributed by atoms with Crippen LogP contribution in [0, 0.1) is 5.92 Å². The van der Waals surface area contributed by atoms with Gasteiger partial charge in [-0.2, -0.15) is 0 Å². The molecule has 1 aliphatic carbocycles. The first-order valence-corrected chi connectivity index (χ1v) is 7.68. The molecule has 0 aromatic rings. The molecule has 5 heteroatoms. The summed E-state index contributed by atoms with van der Waals surface area (Å²) in [6.45, 7) is 0. The quantitative estimate of drug-likeness (QED) is 0.789. The Bertz CT molecular complexity index is 245. The van der Waals surface area contributed by atoms with Crippen molar-refractivity contribution in [2.45, 2.75) is 37.5 Å². The van der Waals surface area contributed by atoms with Crippen molar-refractivity contribution < 1.29 is 14.3 Å². The normalized spacial score (nSPS) is 25.7. The number of carbonyl (C=O) groups is 2. The van der Waals surface area contributed by atoms with E-state index in [1.54, 1.807) is 0 Å². The molecule has 0 unspecified atom stereocenters. The van der Waals surface area contributed by atoms with Gasteiger partial charge in [-0.3, -0.25) is 0 Å². The van der Waals surface area contributed by atoms with E-state index >= 15 is 0 Å². The van der Waals surface area contributed by atoms with E-state index < -0.39 is 6.09 Å². The molecule has 1 aliphatic rings. The minimum atomic E-state index is -0.427. The Morgan fingerprint density at radius 2 is 2.00 bits per heavy atom. The molecule has 0 saturated heterocycles. The maximum absolute atomic E-state index is 11.7. The summed E-state index contributed by atoms with van der Waals surface area (Å²) < 4.78 is 4.87. The van der Waals surface area contributed by atoms with Crippen molar-refractivity contribution in [2.75, 3.05) is 7.11 Å². The molecule has 1 saturated carbocycles. The first kappa shape index (κ1) is 12.5. The molecule has 1 N–H and O–H groups in total. The van der Waals surface area contributed by atoms with Crippen LogP contribution < -0.4 is 5.32 Å². The minimum absolute atomic E-state index is 0.0134. The molecule has 1 fully saturated rings. The van der Waals surface area contributed by atoms with Crippen molar-refractivity contribution in [1.82, 2.24) is 5.32 Å². The van der Waals surface area contributed by atoms with E-state index in [-0.39, 0.29) is 26.9 Å². The van der Waals surface area contributed by atoms with Gasteiger partial charge in [-0.25, -0.2) is 0 Å². The molecule has 0 radical (unpaired) electrons. The Morgan fingerprint density at radius 1 is 1.33 bits per heavy atom. The third-order valence-electron chi connectivity index (χ3n) is 2.76. The van der Waals surface area contributed by atoms with Crippen LogP contribution in [0.5, 0.6) is 0 Å². The monoisotopic (exact) mass is 279 g/mol. The van der Waals surface area contributed by atoms with Crippen molar-refractivity contribution >= 4 is 25.7 Å². The molecular formula is C10H17NO3Se. The van der Waals surface area contributed by atoms with Crippen LogP contribution >= 0.6 is 0 Å². The van der Waals surface area contributed by atoms with Gasteiger partial charge < -0.3 is 0 Å². The first-order chi connectivity index (χ1) is 7.19. The molecule has 0 heterocycles. The summed E-state index contributed by atoms with van der Waals surface area (Å²) in [6, 6.07) is -0.0134. The zero-order valence-electron chi connectivity index (χ0n) is 9.12. The van der Waals surface area contributed by atoms with Crippen LogP contribution in [0.2, 0.25) is 5.82 Å². The van der Waals surface area contributed by atoms with Crippen LogP contribution in [0.1, 0.15) is 25.7 Å². The number of alkyl carbamates (subject to hydrolysis) is 1. The second-order valence-electron chi connectivity index (χ2n) is 3.66. The second kappa shape index (κ2) is 6.13. The average molecular weight is 278 g/mol. The van der Waals surface area contributed by atoms with Crippen molar-refractivity contribution in [3.8, 4) is 0 Å². The number of hydrogen-bond acceptors (Lipinski definition) is 3. The van der Waals surface area contributed by atoms with Crippen LogP contribution in [0.25, 0.3) is 0 Å². The summed E-state index contributed by atoms with van der Waals surface area (Å²) in [5.74, 6) is 1.95. The van der Waals surface area contributed by atoms with Gasteiger partial charge in [0.1, 0.15) is 0 Å². The Kier molecular flexibility index (Phi) is 5.12. The molecule has 0 aromatic heterocycles. The maximum atomic E-state index is 11.7. The fraction of sp³-hybridized carbons (Fsp3) is 0.800. The number of carbonyl (C=O) groups excluding carboxylic acids is 2. The van der Waals surface area contributed by atoms with Crippen LogP contribution in [-0.2, 0) is 9.53 Å². The van der Waals surface area contributed by atoms with E-state index in [0.717, 1.165) is 25.7 Å². The van der Waals surface area contributed by atoms with Crippen molar-refractivity contribution in [1.29, 1.82) is 0 Å². The van der Waals surface area contributed by atoms with Crippen molar-refractivity contribution in [3.05, 3.63) is 0 Å². The summed E-state index contributed by atoms with van der Waals surface area (Å²) in [5.41, 5.74) is 0. The van der Waals surface area contributed by atoms with Crippen molar-refractivity contribution in [2.24, 2.45) is 5.92 Å². The third-order valence-corrected chi connectivity index (χ3v) is 4.24. The van der Waals surface area contributed by atoms with E-state index in [1.807, 2.05) is 5.82 Å². The topological polar surface area (TPSA) is 55.4 Å². The van der Waals surface area contributed by atoms with E-state index in [4.69, 9.17) is 0 Å². The Hall–Kier alpha value is -0.541. The first-order valence-electron chi connectivity index (χ1n) is 5.11. The molecule has 0 bridgehead atoms. The van der Waals surface area contributed by atoms with Gasteiger partial charge in [-0.1, -0.05) is 0 Å². The van der Waals surface area contributed by atoms with Gasteiger partial charge in [0.25, 0.3) is 0 Å². The molecule has 0 spiro atoms. The molecule has 1 rings (SSSR count). The van der Waals surface area contributed by atoms with Crippen LogP contribution in [0.3, 0.4) is 0 Å². The van der Waals surface area contributed by atoms with E-state index in [9.17, 15) is 9.59 Å². The van der Waals surface area contributed by atoms with E-state index in [2.05, 4.69) is 10.1 Å². The molecule has 0 aromatic carbocycles. The zero-order chi connectivity index (χ0) is 11.3. The molecular weight excluding hydrogens is 261 g/mol. The van der Waals surface area contributed by atoms with E-state index in [1.165, 1.54) is 7.11 Å². The fourth-order valence-corrected chi connectivity index (χ4v) is 3.17. The van der Waals surface area contributed by atoms with E-state index in [0.29, 0.717) is 4.68 Å². The van der Waals surface area contributed by atoms with Gasteiger partial charge in [-0.15, -0.1) is 0 Å². The van der Waals surface area contributed by atoms with Crippen molar-refractivity contribution in [3.63, 3.8) is 0 Å². The predicted molar refractivity (Wildman–Crippen MR) is 57.9 cm³/mol. The summed E-state index contributed by atoms with van der Waals surface area (Å²) in [7, 11) is 1.35. The number of nitrogens with one attached hydrogen (secondary N) is 1. The molecule has 86 valence electrons. The molecule has 0 aliphatic heterocycles. The summed E-state index contributed by atoms with van der Waals surface area (Å²) in [6.07, 6.45) is 3.54. The van der Waals surface area contributed by atoms with Gasteiger partial charge in [0.2, 0.25) is 0 Å². The van der Waals surface area contributed by atoms with Crippen LogP contribution in [0.15, 0.2) is 0 Å². The zero-order valence-corrected chi connectivity index (χ0v) is 10.8. The number of hydrogen-bond donors (Lipinski definition) is 1. The third kappa shape index (κ3) is 3.50. The molecule has 2 atom stereocenters. The number of rotatable bonds is 3. The Morgan fingerprint density at radius 3 is 2.60 bits per heavy atom. The number of ether oxygens (including phenoxy) is 1. The average Bonchev–Trinajstić information content (AvgIpc) is 2.28. The van der Waals surface area contributed by atoms with Gasteiger partial charge >= 0.3 is 95.9 Å². The molecule has 1 amide bonds. The Labute approximate surface area is 96.3 Å². The van der Waals surface area contributed by atoms with Crippen LogP contribution in [0.4, 0.5) is 4.79 Å². The fourth-order valence-electron chi connectivity index (χ4n) is 1.95. The summed E-state index contributed by atoms with van der Waals surface area (Å²) in [4.78, 5) is 22.8. The number of amides is 1. The summed E-state index contributed by atoms with van der Waals surface area (Å²) in [5, 5.41) is 2.76. The van der Waals surface area contributed by atoms with Gasteiger partial charge in [0.05, 0.1) is 0 Å². The molecule has 15 heavy (non-hydrogen) atoms. The molecule has 4 nitrogen and oxygen atoms in total. The Balaban J connectivity index is 2.57. The standard InChI is InChI=1S/C10H17NO3Se/c1-14-10(13)11-8-6-4-3-5-7(8)9(12)15-2/h7-8H,3-6H2,1-2H3,(H,11,13)/t7-,8+/m0/s1. The second-order valence-corrected chi connectivity index (χ2v) is 5.36. The SMILES string of the molecule is COC(=O)N[C@@H]1CCCC[C@@H]1C(=O)[Se]C. The van der Waals surface area contributed by atoms with Gasteiger partial charge in [-0.05, 0) is 0 Å². The van der Waals surface area contributed by atoms with Gasteiger partial charge in [0, 0.05) is 0 Å². The van der Waals surface area contributed by atoms with Gasteiger partial charge in [0.15, 0.2) is 0 Å². The number of methoxy groups -OCH3 is 1. The predicted octanol–water partition coefficient (Wildman–Crippen LogP) is 1.18. The van der Waals surface area contributed by atoms with Crippen LogP contribution in [-0.4, -0.2) is 38.9 Å².